The minimum Gasteiger partial charge on any atom is -0.303 e. The summed E-state index contributed by atoms with van der Waals surface area (Å²) < 4.78 is 0. The lowest BCUT2D eigenvalue weighted by Crippen LogP contribution is -2.18. The Labute approximate surface area is 89.0 Å². The summed E-state index contributed by atoms with van der Waals surface area (Å²) in [7, 11) is 0. The van der Waals surface area contributed by atoms with Crippen LogP contribution in [0.5, 0.6) is 0 Å². The van der Waals surface area contributed by atoms with E-state index in [9.17, 15) is 19.2 Å². The number of Topliss-reactive ketones (excluding diaryl/α,β-unsaturated/α-hetero) is 2. The molecule has 0 saturated heterocycles. The lowest BCUT2D eigenvalue weighted by molar-refractivity contribution is -0.137. The fourth-order valence-electron chi connectivity index (χ4n) is 1.24. The SMILES string of the molecule is CCC(CC=O)CC(=O)C(=O)CCC=O. The van der Waals surface area contributed by atoms with Crippen molar-refractivity contribution in [2.45, 2.75) is 39.0 Å². The maximum Gasteiger partial charge on any atom is 0.198 e. The van der Waals surface area contributed by atoms with Crippen molar-refractivity contribution in [2.75, 3.05) is 0 Å². The van der Waals surface area contributed by atoms with E-state index in [0.717, 1.165) is 6.29 Å². The molecule has 0 radical (unpaired) electrons. The fourth-order valence-corrected chi connectivity index (χ4v) is 1.24. The summed E-state index contributed by atoms with van der Waals surface area (Å²) >= 11 is 0. The number of ketones is 2. The molecule has 0 aromatic heterocycles. The van der Waals surface area contributed by atoms with Gasteiger partial charge < -0.3 is 9.59 Å². The summed E-state index contributed by atoms with van der Waals surface area (Å²) in [6, 6.07) is 0. The van der Waals surface area contributed by atoms with Crippen LogP contribution in [0.3, 0.4) is 0 Å². The van der Waals surface area contributed by atoms with E-state index in [-0.39, 0.29) is 25.2 Å². The molecule has 0 spiro atoms. The topological polar surface area (TPSA) is 68.3 Å². The number of aldehydes is 2. The van der Waals surface area contributed by atoms with Crippen LogP contribution in [-0.2, 0) is 19.2 Å². The van der Waals surface area contributed by atoms with Crippen LogP contribution in [0.15, 0.2) is 0 Å². The van der Waals surface area contributed by atoms with Gasteiger partial charge in [0, 0.05) is 25.7 Å². The molecule has 84 valence electrons. The third-order valence-corrected chi connectivity index (χ3v) is 2.28. The van der Waals surface area contributed by atoms with Crippen LogP contribution < -0.4 is 0 Å². The van der Waals surface area contributed by atoms with Crippen molar-refractivity contribution in [3.05, 3.63) is 0 Å². The van der Waals surface area contributed by atoms with Gasteiger partial charge in [0.2, 0.25) is 0 Å². The molecule has 1 atom stereocenters. The lowest BCUT2D eigenvalue weighted by atomic mass is 9.94. The van der Waals surface area contributed by atoms with E-state index in [0.29, 0.717) is 19.1 Å². The van der Waals surface area contributed by atoms with Crippen LogP contribution in [-0.4, -0.2) is 24.1 Å². The van der Waals surface area contributed by atoms with Gasteiger partial charge in [0.25, 0.3) is 0 Å². The van der Waals surface area contributed by atoms with Gasteiger partial charge >= 0.3 is 0 Å². The Balaban J connectivity index is 4.03. The fraction of sp³-hybridized carbons (Fsp3) is 0.636. The predicted octanol–water partition coefficient (Wildman–Crippen LogP) is 1.11. The van der Waals surface area contributed by atoms with Crippen molar-refractivity contribution >= 4 is 24.1 Å². The van der Waals surface area contributed by atoms with E-state index in [1.807, 2.05) is 6.92 Å². The number of rotatable bonds is 9. The van der Waals surface area contributed by atoms with E-state index >= 15 is 0 Å². The molecule has 0 aliphatic heterocycles. The van der Waals surface area contributed by atoms with E-state index in [4.69, 9.17) is 0 Å². The van der Waals surface area contributed by atoms with Gasteiger partial charge in [-0.05, 0) is 5.92 Å². The normalized spacial score (nSPS) is 11.8. The maximum atomic E-state index is 11.3. The van der Waals surface area contributed by atoms with Gasteiger partial charge in [0.05, 0.1) is 0 Å². The largest absolute Gasteiger partial charge is 0.303 e. The number of carbonyl (C=O) groups excluding carboxylic acids is 4. The Kier molecular flexibility index (Phi) is 7.32. The zero-order chi connectivity index (χ0) is 11.7. The van der Waals surface area contributed by atoms with Crippen molar-refractivity contribution in [1.29, 1.82) is 0 Å². The quantitative estimate of drug-likeness (QED) is 0.424. The van der Waals surface area contributed by atoms with Gasteiger partial charge in [-0.15, -0.1) is 0 Å². The summed E-state index contributed by atoms with van der Waals surface area (Å²) in [5, 5.41) is 0. The number of hydrogen-bond donors (Lipinski definition) is 0. The minimum absolute atomic E-state index is 0.0140. The van der Waals surface area contributed by atoms with Gasteiger partial charge in [-0.2, -0.15) is 0 Å². The monoisotopic (exact) mass is 212 g/mol. The first kappa shape index (κ1) is 13.7. The first-order chi connectivity index (χ1) is 7.15. The van der Waals surface area contributed by atoms with Crippen molar-refractivity contribution in [3.8, 4) is 0 Å². The van der Waals surface area contributed by atoms with Crippen molar-refractivity contribution < 1.29 is 19.2 Å². The Morgan fingerprint density at radius 1 is 1.13 bits per heavy atom. The Morgan fingerprint density at radius 2 is 1.80 bits per heavy atom. The summed E-state index contributed by atoms with van der Waals surface area (Å²) in [5.74, 6) is -1.02. The van der Waals surface area contributed by atoms with E-state index in [2.05, 4.69) is 0 Å². The summed E-state index contributed by atoms with van der Waals surface area (Å²) in [5.41, 5.74) is 0. The average molecular weight is 212 g/mol. The molecule has 0 saturated carbocycles. The van der Waals surface area contributed by atoms with Gasteiger partial charge in [0.1, 0.15) is 12.6 Å². The average Bonchev–Trinajstić information content (AvgIpc) is 2.24. The molecule has 0 aromatic carbocycles. The highest BCUT2D eigenvalue weighted by molar-refractivity contribution is 6.37. The molecule has 0 fully saturated rings. The Morgan fingerprint density at radius 3 is 2.27 bits per heavy atom. The molecule has 0 bridgehead atoms. The highest BCUT2D eigenvalue weighted by Gasteiger charge is 2.17. The number of hydrogen-bond acceptors (Lipinski definition) is 4. The van der Waals surface area contributed by atoms with Crippen LogP contribution in [0.1, 0.15) is 39.0 Å². The lowest BCUT2D eigenvalue weighted by Gasteiger charge is -2.08. The van der Waals surface area contributed by atoms with Crippen molar-refractivity contribution in [1.82, 2.24) is 0 Å². The standard InChI is InChI=1S/C11H16O4/c1-2-9(5-7-13)8-11(15)10(14)4-3-6-12/h6-7,9H,2-5,8H2,1H3. The van der Waals surface area contributed by atoms with Crippen molar-refractivity contribution in [3.63, 3.8) is 0 Å². The Hall–Kier alpha value is -1.32. The molecule has 0 N–H and O–H groups in total. The summed E-state index contributed by atoms with van der Waals surface area (Å²) in [6.07, 6.45) is 2.59. The molecular weight excluding hydrogens is 196 g/mol. The van der Waals surface area contributed by atoms with Crippen LogP contribution in [0.2, 0.25) is 0 Å². The zero-order valence-corrected chi connectivity index (χ0v) is 8.90. The second-order valence-electron chi connectivity index (χ2n) is 3.43. The van der Waals surface area contributed by atoms with Crippen LogP contribution in [0.4, 0.5) is 0 Å². The number of carbonyl (C=O) groups is 4. The molecule has 0 rings (SSSR count). The molecule has 0 amide bonds. The van der Waals surface area contributed by atoms with Crippen LogP contribution in [0.25, 0.3) is 0 Å². The molecule has 15 heavy (non-hydrogen) atoms. The first-order valence-corrected chi connectivity index (χ1v) is 5.09. The van der Waals surface area contributed by atoms with Crippen LogP contribution >= 0.6 is 0 Å². The molecule has 0 aromatic rings. The first-order valence-electron chi connectivity index (χ1n) is 5.09. The maximum absolute atomic E-state index is 11.3. The third kappa shape index (κ3) is 5.88. The smallest absolute Gasteiger partial charge is 0.198 e. The van der Waals surface area contributed by atoms with E-state index in [1.54, 1.807) is 0 Å². The minimum atomic E-state index is -0.508. The predicted molar refractivity (Wildman–Crippen MR) is 54.4 cm³/mol. The summed E-state index contributed by atoms with van der Waals surface area (Å²) in [6.45, 7) is 1.87. The van der Waals surface area contributed by atoms with Gasteiger partial charge in [-0.3, -0.25) is 9.59 Å². The molecule has 1 unspecified atom stereocenters. The second kappa shape index (κ2) is 8.03. The van der Waals surface area contributed by atoms with E-state index in [1.165, 1.54) is 0 Å². The molecule has 4 nitrogen and oxygen atoms in total. The molecule has 0 aliphatic rings. The van der Waals surface area contributed by atoms with Gasteiger partial charge in [-0.25, -0.2) is 0 Å². The van der Waals surface area contributed by atoms with E-state index < -0.39 is 11.6 Å². The highest BCUT2D eigenvalue weighted by atomic mass is 16.2. The molecular formula is C11H16O4. The molecule has 4 heteroatoms. The van der Waals surface area contributed by atoms with Crippen molar-refractivity contribution in [2.24, 2.45) is 5.92 Å². The summed E-state index contributed by atoms with van der Waals surface area (Å²) in [4.78, 5) is 42.7. The third-order valence-electron chi connectivity index (χ3n) is 2.28. The zero-order valence-electron chi connectivity index (χ0n) is 8.90. The van der Waals surface area contributed by atoms with Gasteiger partial charge in [-0.1, -0.05) is 13.3 Å². The molecule has 0 heterocycles. The van der Waals surface area contributed by atoms with Crippen LogP contribution in [0, 0.1) is 5.92 Å². The second-order valence-corrected chi connectivity index (χ2v) is 3.43. The molecule has 0 aliphatic carbocycles. The highest BCUT2D eigenvalue weighted by Crippen LogP contribution is 2.12. The Bertz CT molecular complexity index is 245. The van der Waals surface area contributed by atoms with Gasteiger partial charge in [0.15, 0.2) is 11.6 Å².